The van der Waals surface area contributed by atoms with Crippen LogP contribution in [0.4, 0.5) is 0 Å². The summed E-state index contributed by atoms with van der Waals surface area (Å²) in [7, 11) is -3.75. The third-order valence-electron chi connectivity index (χ3n) is 3.46. The number of nitrogens with one attached hydrogen (secondary N) is 2. The summed E-state index contributed by atoms with van der Waals surface area (Å²) in [4.78, 5) is 23.4. The fraction of sp³-hybridized carbons (Fsp3) is 0.294. The summed E-state index contributed by atoms with van der Waals surface area (Å²) in [6.45, 7) is 1.10. The van der Waals surface area contributed by atoms with Crippen LogP contribution < -0.4 is 10.0 Å². The van der Waals surface area contributed by atoms with Crippen LogP contribution in [-0.2, 0) is 24.3 Å². The smallest absolute Gasteiger partial charge is 0.307 e. The van der Waals surface area contributed by atoms with Gasteiger partial charge in [0.1, 0.15) is 5.76 Å². The Kier molecular flexibility index (Phi) is 7.40. The van der Waals surface area contributed by atoms with Gasteiger partial charge in [-0.15, -0.1) is 0 Å². The predicted molar refractivity (Wildman–Crippen MR) is 97.5 cm³/mol. The molecule has 146 valence electrons. The Morgan fingerprint density at radius 3 is 2.56 bits per heavy atom. The van der Waals surface area contributed by atoms with Crippen LogP contribution in [0.3, 0.4) is 0 Å². The maximum absolute atomic E-state index is 12.0. The molecule has 0 bridgehead atoms. The highest BCUT2D eigenvalue weighted by Crippen LogP contribution is 2.14. The van der Waals surface area contributed by atoms with Gasteiger partial charge in [0, 0.05) is 11.6 Å². The molecule has 8 nitrogen and oxygen atoms in total. The Balaban J connectivity index is 1.70. The van der Waals surface area contributed by atoms with Crippen LogP contribution >= 0.6 is 11.6 Å². The van der Waals surface area contributed by atoms with Crippen molar-refractivity contribution in [2.24, 2.45) is 0 Å². The lowest BCUT2D eigenvalue weighted by Crippen LogP contribution is -2.32. The van der Waals surface area contributed by atoms with Gasteiger partial charge >= 0.3 is 5.97 Å². The molecule has 1 amide bonds. The average molecular weight is 415 g/mol. The first-order valence-corrected chi connectivity index (χ1v) is 9.87. The summed E-state index contributed by atoms with van der Waals surface area (Å²) in [6.07, 6.45) is 1.27. The second-order valence-electron chi connectivity index (χ2n) is 5.57. The van der Waals surface area contributed by atoms with E-state index in [0.717, 1.165) is 0 Å². The molecule has 1 aromatic carbocycles. The van der Waals surface area contributed by atoms with E-state index < -0.39 is 28.5 Å². The molecule has 2 N–H and O–H groups in total. The van der Waals surface area contributed by atoms with Gasteiger partial charge in [0.05, 0.1) is 23.6 Å². The van der Waals surface area contributed by atoms with Crippen LogP contribution in [0.25, 0.3) is 0 Å². The normalized spacial score (nSPS) is 12.4. The van der Waals surface area contributed by atoms with Crippen molar-refractivity contribution in [3.8, 4) is 0 Å². The summed E-state index contributed by atoms with van der Waals surface area (Å²) in [5, 5.41) is 3.03. The number of amides is 1. The molecule has 2 aromatic rings. The SMILES string of the molecule is C[C@H](NC(=O)COC(=O)CCNS(=O)(=O)c1ccc(Cl)cc1)c1ccco1. The summed E-state index contributed by atoms with van der Waals surface area (Å²) in [6, 6.07) is 8.66. The predicted octanol–water partition coefficient (Wildman–Crippen LogP) is 2.02. The second-order valence-corrected chi connectivity index (χ2v) is 7.77. The van der Waals surface area contributed by atoms with Crippen molar-refractivity contribution in [2.75, 3.05) is 13.2 Å². The summed E-state index contributed by atoms with van der Waals surface area (Å²) >= 11 is 5.71. The molecule has 0 fully saturated rings. The molecule has 0 aliphatic carbocycles. The third-order valence-corrected chi connectivity index (χ3v) is 5.19. The molecule has 0 unspecified atom stereocenters. The minimum absolute atomic E-state index is 0.0339. The molecule has 2 rings (SSSR count). The fourth-order valence-electron chi connectivity index (χ4n) is 2.09. The summed E-state index contributed by atoms with van der Waals surface area (Å²) < 4.78 is 36.3. The van der Waals surface area contributed by atoms with E-state index in [1.807, 2.05) is 0 Å². The number of sulfonamides is 1. The van der Waals surface area contributed by atoms with Gasteiger partial charge in [0.2, 0.25) is 10.0 Å². The number of esters is 1. The summed E-state index contributed by atoms with van der Waals surface area (Å²) in [5.41, 5.74) is 0. The number of ether oxygens (including phenoxy) is 1. The highest BCUT2D eigenvalue weighted by atomic mass is 35.5. The number of rotatable bonds is 9. The van der Waals surface area contributed by atoms with E-state index in [9.17, 15) is 18.0 Å². The van der Waals surface area contributed by atoms with Gasteiger partial charge in [0.15, 0.2) is 6.61 Å². The Labute approximate surface area is 161 Å². The Morgan fingerprint density at radius 2 is 1.93 bits per heavy atom. The van der Waals surface area contributed by atoms with Crippen LogP contribution in [0.2, 0.25) is 5.02 Å². The Bertz CT molecular complexity index is 865. The van der Waals surface area contributed by atoms with Gasteiger partial charge in [-0.05, 0) is 43.3 Å². The largest absolute Gasteiger partial charge is 0.467 e. The van der Waals surface area contributed by atoms with Crippen LogP contribution in [0.15, 0.2) is 52.0 Å². The molecule has 0 saturated carbocycles. The zero-order chi connectivity index (χ0) is 19.9. The molecule has 0 radical (unpaired) electrons. The van der Waals surface area contributed by atoms with E-state index in [-0.39, 0.29) is 23.9 Å². The first kappa shape index (κ1) is 20.9. The van der Waals surface area contributed by atoms with Crippen molar-refractivity contribution in [3.05, 3.63) is 53.4 Å². The Morgan fingerprint density at radius 1 is 1.22 bits per heavy atom. The molecule has 1 aromatic heterocycles. The molecule has 0 spiro atoms. The van der Waals surface area contributed by atoms with E-state index in [1.54, 1.807) is 19.1 Å². The molecule has 1 heterocycles. The number of carbonyl (C=O) groups excluding carboxylic acids is 2. The van der Waals surface area contributed by atoms with Gasteiger partial charge in [-0.25, -0.2) is 13.1 Å². The standard InChI is InChI=1S/C17H19ClN2O6S/c1-12(15-3-2-10-25-15)20-16(21)11-26-17(22)8-9-19-27(23,24)14-6-4-13(18)5-7-14/h2-7,10,12,19H,8-9,11H2,1H3,(H,20,21)/t12-/m0/s1. The topological polar surface area (TPSA) is 115 Å². The molecular weight excluding hydrogens is 396 g/mol. The first-order valence-electron chi connectivity index (χ1n) is 8.01. The zero-order valence-corrected chi connectivity index (χ0v) is 16.0. The first-order chi connectivity index (χ1) is 12.8. The zero-order valence-electron chi connectivity index (χ0n) is 14.5. The van der Waals surface area contributed by atoms with E-state index in [4.69, 9.17) is 20.8 Å². The van der Waals surface area contributed by atoms with Crippen LogP contribution in [0, 0.1) is 0 Å². The van der Waals surface area contributed by atoms with Crippen molar-refractivity contribution in [3.63, 3.8) is 0 Å². The average Bonchev–Trinajstić information content (AvgIpc) is 3.15. The van der Waals surface area contributed by atoms with E-state index in [1.165, 1.54) is 30.5 Å². The number of hydrogen-bond donors (Lipinski definition) is 2. The highest BCUT2D eigenvalue weighted by molar-refractivity contribution is 7.89. The van der Waals surface area contributed by atoms with Gasteiger partial charge in [-0.3, -0.25) is 9.59 Å². The van der Waals surface area contributed by atoms with E-state index in [2.05, 4.69) is 10.0 Å². The van der Waals surface area contributed by atoms with Gasteiger partial charge < -0.3 is 14.5 Å². The van der Waals surface area contributed by atoms with Gasteiger partial charge in [0.25, 0.3) is 5.91 Å². The van der Waals surface area contributed by atoms with Crippen molar-refractivity contribution in [1.29, 1.82) is 0 Å². The molecular formula is C17H19ClN2O6S. The highest BCUT2D eigenvalue weighted by Gasteiger charge is 2.16. The second kappa shape index (κ2) is 9.54. The minimum atomic E-state index is -3.75. The quantitative estimate of drug-likeness (QED) is 0.606. The van der Waals surface area contributed by atoms with Gasteiger partial charge in [-0.1, -0.05) is 11.6 Å². The van der Waals surface area contributed by atoms with E-state index >= 15 is 0 Å². The lowest BCUT2D eigenvalue weighted by Gasteiger charge is -2.11. The molecule has 0 saturated heterocycles. The molecule has 1 atom stereocenters. The van der Waals surface area contributed by atoms with Crippen LogP contribution in [-0.4, -0.2) is 33.4 Å². The fourth-order valence-corrected chi connectivity index (χ4v) is 3.25. The Hall–Kier alpha value is -2.36. The number of hydrogen-bond acceptors (Lipinski definition) is 6. The van der Waals surface area contributed by atoms with Gasteiger partial charge in [-0.2, -0.15) is 0 Å². The van der Waals surface area contributed by atoms with Crippen molar-refractivity contribution >= 4 is 33.5 Å². The molecule has 10 heteroatoms. The molecule has 27 heavy (non-hydrogen) atoms. The number of halogens is 1. The van der Waals surface area contributed by atoms with Crippen LogP contribution in [0.1, 0.15) is 25.1 Å². The minimum Gasteiger partial charge on any atom is -0.467 e. The maximum atomic E-state index is 12.0. The van der Waals surface area contributed by atoms with Crippen molar-refractivity contribution in [1.82, 2.24) is 10.0 Å². The van der Waals surface area contributed by atoms with Crippen molar-refractivity contribution < 1.29 is 27.2 Å². The maximum Gasteiger partial charge on any atom is 0.307 e. The van der Waals surface area contributed by atoms with Crippen LogP contribution in [0.5, 0.6) is 0 Å². The number of furan rings is 1. The number of benzene rings is 1. The summed E-state index contributed by atoms with van der Waals surface area (Å²) in [5.74, 6) is -0.616. The third kappa shape index (κ3) is 6.70. The lowest BCUT2D eigenvalue weighted by molar-refractivity contribution is -0.148. The lowest BCUT2D eigenvalue weighted by atomic mass is 10.2. The number of carbonyl (C=O) groups is 2. The van der Waals surface area contributed by atoms with Crippen molar-refractivity contribution in [2.45, 2.75) is 24.3 Å². The van der Waals surface area contributed by atoms with E-state index in [0.29, 0.717) is 10.8 Å². The molecule has 0 aliphatic heterocycles. The molecule has 0 aliphatic rings. The monoisotopic (exact) mass is 414 g/mol.